The minimum atomic E-state index is -0.477. The quantitative estimate of drug-likeness (QED) is 0.727. The molecule has 25 heavy (non-hydrogen) atoms. The number of halogens is 1. The molecule has 3 aliphatic heterocycles. The topological polar surface area (TPSA) is 71.5 Å². The van der Waals surface area contributed by atoms with Crippen LogP contribution >= 0.6 is 11.6 Å². The molecule has 0 aromatic carbocycles. The fraction of sp³-hybridized carbons (Fsp3) is 0.529. The van der Waals surface area contributed by atoms with Crippen molar-refractivity contribution in [2.24, 2.45) is 0 Å². The van der Waals surface area contributed by atoms with Crippen LogP contribution in [-0.2, 0) is 4.74 Å². The summed E-state index contributed by atoms with van der Waals surface area (Å²) in [5, 5.41) is 0.355. The van der Waals surface area contributed by atoms with Gasteiger partial charge >= 0.3 is 6.09 Å². The standard InChI is InChI=1S/C17H20ClN5O2/c1-17(2,3)25-16(24)22-7-10-6-11(8-22)23(10)13-5-4-12-14(21-13)15(18)20-9-19-12/h4-5,9-11H,6-8H2,1-3H3. The molecule has 8 heteroatoms. The molecule has 3 saturated heterocycles. The highest BCUT2D eigenvalue weighted by Crippen LogP contribution is 2.37. The van der Waals surface area contributed by atoms with Crippen molar-refractivity contribution in [3.05, 3.63) is 23.6 Å². The Labute approximate surface area is 151 Å². The summed E-state index contributed by atoms with van der Waals surface area (Å²) in [6.07, 6.45) is 2.24. The zero-order chi connectivity index (χ0) is 17.8. The summed E-state index contributed by atoms with van der Waals surface area (Å²) in [5.41, 5.74) is 0.857. The first-order valence-corrected chi connectivity index (χ1v) is 8.73. The van der Waals surface area contributed by atoms with Crippen molar-refractivity contribution in [3.63, 3.8) is 0 Å². The van der Waals surface area contributed by atoms with E-state index in [2.05, 4.69) is 19.9 Å². The normalized spacial score (nSPS) is 22.7. The lowest BCUT2D eigenvalue weighted by molar-refractivity contribution is 0.00844. The first-order valence-electron chi connectivity index (χ1n) is 8.35. The fourth-order valence-corrected chi connectivity index (χ4v) is 3.69. The molecule has 0 aliphatic carbocycles. The smallest absolute Gasteiger partial charge is 0.410 e. The maximum absolute atomic E-state index is 12.3. The summed E-state index contributed by atoms with van der Waals surface area (Å²) in [7, 11) is 0. The van der Waals surface area contributed by atoms with Crippen LogP contribution in [0.1, 0.15) is 27.2 Å². The van der Waals surface area contributed by atoms with E-state index in [-0.39, 0.29) is 18.2 Å². The Kier molecular flexibility index (Phi) is 3.72. The second-order valence-corrected chi connectivity index (χ2v) is 7.90. The van der Waals surface area contributed by atoms with Crippen LogP contribution in [0.25, 0.3) is 11.0 Å². The van der Waals surface area contributed by atoms with Crippen molar-refractivity contribution < 1.29 is 9.53 Å². The van der Waals surface area contributed by atoms with Crippen molar-refractivity contribution >= 4 is 34.5 Å². The summed E-state index contributed by atoms with van der Waals surface area (Å²) in [6, 6.07) is 4.36. The highest BCUT2D eigenvalue weighted by molar-refractivity contribution is 6.33. The summed E-state index contributed by atoms with van der Waals surface area (Å²) < 4.78 is 5.48. The number of piperazine rings is 1. The molecule has 7 nitrogen and oxygen atoms in total. The Bertz CT molecular complexity index is 825. The van der Waals surface area contributed by atoms with Gasteiger partial charge in [0, 0.05) is 13.1 Å². The Morgan fingerprint density at radius 1 is 1.24 bits per heavy atom. The van der Waals surface area contributed by atoms with Gasteiger partial charge in [0.15, 0.2) is 5.15 Å². The van der Waals surface area contributed by atoms with Crippen molar-refractivity contribution in [3.8, 4) is 0 Å². The molecule has 132 valence electrons. The van der Waals surface area contributed by atoms with Gasteiger partial charge in [-0.2, -0.15) is 0 Å². The fourth-order valence-electron chi connectivity index (χ4n) is 3.50. The van der Waals surface area contributed by atoms with Crippen molar-refractivity contribution in [2.75, 3.05) is 18.0 Å². The number of amides is 1. The molecule has 0 radical (unpaired) electrons. The highest BCUT2D eigenvalue weighted by atomic mass is 35.5. The number of fused-ring (bicyclic) bond motifs is 3. The van der Waals surface area contributed by atoms with Crippen molar-refractivity contribution in [1.82, 2.24) is 19.9 Å². The van der Waals surface area contributed by atoms with Crippen LogP contribution in [0, 0.1) is 0 Å². The second kappa shape index (κ2) is 5.69. The van der Waals surface area contributed by atoms with Gasteiger partial charge in [-0.05, 0) is 39.3 Å². The molecule has 5 heterocycles. The maximum Gasteiger partial charge on any atom is 0.410 e. The van der Waals surface area contributed by atoms with Crippen molar-refractivity contribution in [1.29, 1.82) is 0 Å². The number of ether oxygens (including phenoxy) is 1. The van der Waals surface area contributed by atoms with Gasteiger partial charge in [-0.3, -0.25) is 0 Å². The van der Waals surface area contributed by atoms with E-state index >= 15 is 0 Å². The highest BCUT2D eigenvalue weighted by Gasteiger charge is 2.47. The lowest BCUT2D eigenvalue weighted by Crippen LogP contribution is -2.70. The Morgan fingerprint density at radius 3 is 2.64 bits per heavy atom. The van der Waals surface area contributed by atoms with Gasteiger partial charge in [0.25, 0.3) is 0 Å². The number of rotatable bonds is 1. The van der Waals surface area contributed by atoms with Crippen LogP contribution in [-0.4, -0.2) is 56.7 Å². The zero-order valence-corrected chi connectivity index (χ0v) is 15.2. The van der Waals surface area contributed by atoms with Gasteiger partial charge in [0.2, 0.25) is 0 Å². The van der Waals surface area contributed by atoms with Gasteiger partial charge in [-0.25, -0.2) is 19.7 Å². The molecule has 2 bridgehead atoms. The second-order valence-electron chi connectivity index (χ2n) is 7.54. The van der Waals surface area contributed by atoms with E-state index in [4.69, 9.17) is 16.3 Å². The van der Waals surface area contributed by atoms with E-state index in [1.54, 1.807) is 4.90 Å². The molecule has 0 spiro atoms. The van der Waals surface area contributed by atoms with Crippen LogP contribution in [0.15, 0.2) is 18.5 Å². The summed E-state index contributed by atoms with van der Waals surface area (Å²) in [6.45, 7) is 6.93. The molecule has 3 fully saturated rings. The molecular formula is C17H20ClN5O2. The molecule has 0 N–H and O–H groups in total. The average Bonchev–Trinajstić information content (AvgIpc) is 2.54. The van der Waals surface area contributed by atoms with Gasteiger partial charge in [0.1, 0.15) is 23.3 Å². The first-order chi connectivity index (χ1) is 11.8. The Morgan fingerprint density at radius 2 is 1.96 bits per heavy atom. The van der Waals surface area contributed by atoms with Crippen LogP contribution < -0.4 is 4.90 Å². The number of nitrogens with zero attached hydrogens (tertiary/aromatic N) is 5. The van der Waals surface area contributed by atoms with Crippen molar-refractivity contribution in [2.45, 2.75) is 44.9 Å². The molecule has 2 unspecified atom stereocenters. The summed E-state index contributed by atoms with van der Waals surface area (Å²) in [4.78, 5) is 29.1. The largest absolute Gasteiger partial charge is 0.444 e. The minimum absolute atomic E-state index is 0.246. The minimum Gasteiger partial charge on any atom is -0.444 e. The monoisotopic (exact) mass is 361 g/mol. The predicted molar refractivity (Wildman–Crippen MR) is 94.8 cm³/mol. The van der Waals surface area contributed by atoms with E-state index in [9.17, 15) is 4.79 Å². The summed E-state index contributed by atoms with van der Waals surface area (Å²) in [5.74, 6) is 0.856. The number of pyridine rings is 1. The van der Waals surface area contributed by atoms with Crippen LogP contribution in [0.3, 0.4) is 0 Å². The predicted octanol–water partition coefficient (Wildman–Crippen LogP) is 2.88. The number of carbonyl (C=O) groups excluding carboxylic acids is 1. The van der Waals surface area contributed by atoms with E-state index in [1.807, 2.05) is 32.9 Å². The number of hydrogen-bond donors (Lipinski definition) is 0. The molecule has 0 saturated carbocycles. The Balaban J connectivity index is 1.52. The lowest BCUT2D eigenvalue weighted by atomic mass is 9.87. The molecule has 2 aromatic rings. The molecule has 5 rings (SSSR count). The van der Waals surface area contributed by atoms with E-state index in [0.29, 0.717) is 23.8 Å². The van der Waals surface area contributed by atoms with Gasteiger partial charge in [0.05, 0.1) is 17.6 Å². The van der Waals surface area contributed by atoms with Crippen LogP contribution in [0.5, 0.6) is 0 Å². The number of carbonyl (C=O) groups is 1. The molecule has 1 amide bonds. The lowest BCUT2D eigenvalue weighted by Gasteiger charge is -2.56. The number of hydrogen-bond acceptors (Lipinski definition) is 6. The molecular weight excluding hydrogens is 342 g/mol. The van der Waals surface area contributed by atoms with Crippen LogP contribution in [0.2, 0.25) is 5.15 Å². The first kappa shape index (κ1) is 16.3. The van der Waals surface area contributed by atoms with E-state index in [0.717, 1.165) is 17.8 Å². The van der Waals surface area contributed by atoms with E-state index < -0.39 is 5.60 Å². The SMILES string of the molecule is CC(C)(C)OC(=O)N1CC2CC(C1)N2c1ccc2ncnc(Cl)c2n1. The van der Waals surface area contributed by atoms with Gasteiger partial charge < -0.3 is 14.5 Å². The molecule has 2 aromatic heterocycles. The van der Waals surface area contributed by atoms with Gasteiger partial charge in [-0.15, -0.1) is 0 Å². The molecule has 3 aliphatic rings. The average molecular weight is 362 g/mol. The van der Waals surface area contributed by atoms with Gasteiger partial charge in [-0.1, -0.05) is 11.6 Å². The third-order valence-electron chi connectivity index (χ3n) is 4.53. The number of anilines is 1. The third-order valence-corrected chi connectivity index (χ3v) is 4.81. The van der Waals surface area contributed by atoms with Crippen LogP contribution in [0.4, 0.5) is 10.6 Å². The Hall–Kier alpha value is -2.15. The third kappa shape index (κ3) is 2.97. The zero-order valence-electron chi connectivity index (χ0n) is 14.4. The molecule has 2 atom stereocenters. The number of piperidine rings is 1. The van der Waals surface area contributed by atoms with E-state index in [1.165, 1.54) is 6.33 Å². The number of aromatic nitrogens is 3. The summed E-state index contributed by atoms with van der Waals surface area (Å²) >= 11 is 6.14. The maximum atomic E-state index is 12.3.